The predicted molar refractivity (Wildman–Crippen MR) is 146 cm³/mol. The molecule has 5 aromatic carbocycles. The van der Waals surface area contributed by atoms with Crippen molar-refractivity contribution in [3.63, 3.8) is 0 Å². The fraction of sp³-hybridized carbons (Fsp3) is 0. The van der Waals surface area contributed by atoms with E-state index in [9.17, 15) is 36.2 Å². The number of phenols is 2. The molecule has 0 amide bonds. The zero-order chi connectivity index (χ0) is 28.7. The van der Waals surface area contributed by atoms with E-state index in [1.165, 1.54) is 12.1 Å². The second-order valence-electron chi connectivity index (χ2n) is 8.44. The van der Waals surface area contributed by atoms with E-state index >= 15 is 0 Å². The van der Waals surface area contributed by atoms with Gasteiger partial charge < -0.3 is 10.2 Å². The second kappa shape index (κ2) is 10.1. The summed E-state index contributed by atoms with van der Waals surface area (Å²) < 4.78 is 65.2. The van der Waals surface area contributed by atoms with E-state index < -0.39 is 41.5 Å². The molecule has 0 aliphatic rings. The van der Waals surface area contributed by atoms with Gasteiger partial charge in [0.25, 0.3) is 20.2 Å². The van der Waals surface area contributed by atoms with Crippen LogP contribution in [0.25, 0.3) is 21.5 Å². The van der Waals surface area contributed by atoms with Gasteiger partial charge in [-0.3, -0.25) is 9.11 Å². The molecule has 0 fully saturated rings. The van der Waals surface area contributed by atoms with Crippen molar-refractivity contribution >= 4 is 64.5 Å². The van der Waals surface area contributed by atoms with E-state index in [1.54, 1.807) is 36.4 Å². The average Bonchev–Trinajstić information content (AvgIpc) is 2.91. The van der Waals surface area contributed by atoms with E-state index in [4.69, 9.17) is 0 Å². The standard InChI is InChI=1S/C26H18N4O8S2/c31-23-12-9-15-5-1-2-6-17(15)25(23)30-28-21-11-10-20(18-7-3-4-8-19(18)21)27-29-22-13-16(39(33,34)35)14-24(26(22)32)40(36,37)38/h1-14,31-32H,(H,33,34,35)(H,36,37,38). The third kappa shape index (κ3) is 5.23. The van der Waals surface area contributed by atoms with Crippen molar-refractivity contribution in [1.29, 1.82) is 0 Å². The summed E-state index contributed by atoms with van der Waals surface area (Å²) in [4.78, 5) is -2.10. The van der Waals surface area contributed by atoms with E-state index in [2.05, 4.69) is 20.5 Å². The van der Waals surface area contributed by atoms with Gasteiger partial charge in [0.05, 0.1) is 16.3 Å². The Kier molecular flexibility index (Phi) is 6.77. The molecular weight excluding hydrogens is 560 g/mol. The van der Waals surface area contributed by atoms with Crippen molar-refractivity contribution in [3.05, 3.63) is 84.9 Å². The lowest BCUT2D eigenvalue weighted by Gasteiger charge is -2.08. The number of fused-ring (bicyclic) bond motifs is 2. The Morgan fingerprint density at radius 2 is 1.10 bits per heavy atom. The molecule has 0 bridgehead atoms. The largest absolute Gasteiger partial charge is 0.506 e. The SMILES string of the molecule is O=S(=O)(O)c1cc(N=Nc2ccc(N=Nc3c(O)ccc4ccccc34)c3ccccc23)c(O)c(S(=O)(=O)O)c1. The first-order valence-electron chi connectivity index (χ1n) is 11.3. The number of rotatable bonds is 6. The molecule has 0 spiro atoms. The van der Waals surface area contributed by atoms with Crippen LogP contribution < -0.4 is 0 Å². The molecule has 5 rings (SSSR count). The van der Waals surface area contributed by atoms with Crippen molar-refractivity contribution in [2.24, 2.45) is 20.5 Å². The topological polar surface area (TPSA) is 199 Å². The summed E-state index contributed by atoms with van der Waals surface area (Å²) in [6.07, 6.45) is 0. The Morgan fingerprint density at radius 1 is 0.550 bits per heavy atom. The van der Waals surface area contributed by atoms with Crippen molar-refractivity contribution in [1.82, 2.24) is 0 Å². The van der Waals surface area contributed by atoms with Gasteiger partial charge in [0.1, 0.15) is 22.0 Å². The minimum Gasteiger partial charge on any atom is -0.506 e. The Balaban J connectivity index is 1.59. The van der Waals surface area contributed by atoms with Gasteiger partial charge in [0.2, 0.25) is 0 Å². The zero-order valence-corrected chi connectivity index (χ0v) is 21.7. The smallest absolute Gasteiger partial charge is 0.298 e. The summed E-state index contributed by atoms with van der Waals surface area (Å²) in [7, 11) is -10.00. The summed E-state index contributed by atoms with van der Waals surface area (Å²) in [6.45, 7) is 0. The summed E-state index contributed by atoms with van der Waals surface area (Å²) >= 11 is 0. The molecule has 40 heavy (non-hydrogen) atoms. The molecule has 0 aromatic heterocycles. The lowest BCUT2D eigenvalue weighted by atomic mass is 10.1. The van der Waals surface area contributed by atoms with Gasteiger partial charge in [-0.25, -0.2) is 0 Å². The lowest BCUT2D eigenvalue weighted by molar-refractivity contribution is 0.442. The number of hydrogen-bond donors (Lipinski definition) is 4. The number of phenolic OH excluding ortho intramolecular Hbond substituents is 2. The van der Waals surface area contributed by atoms with Crippen LogP contribution >= 0.6 is 0 Å². The highest BCUT2D eigenvalue weighted by atomic mass is 32.2. The van der Waals surface area contributed by atoms with Crippen molar-refractivity contribution in [3.8, 4) is 11.5 Å². The van der Waals surface area contributed by atoms with Crippen LogP contribution in [0.5, 0.6) is 11.5 Å². The molecule has 0 aliphatic heterocycles. The van der Waals surface area contributed by atoms with Gasteiger partial charge in [0.15, 0.2) is 5.75 Å². The molecule has 202 valence electrons. The molecule has 0 atom stereocenters. The molecule has 12 nitrogen and oxygen atoms in total. The van der Waals surface area contributed by atoms with Crippen LogP contribution in [0.1, 0.15) is 0 Å². The van der Waals surface area contributed by atoms with Crippen LogP contribution in [0.4, 0.5) is 22.7 Å². The van der Waals surface area contributed by atoms with E-state index in [1.807, 2.05) is 24.3 Å². The minimum atomic E-state index is -5.08. The van der Waals surface area contributed by atoms with E-state index in [0.29, 0.717) is 34.0 Å². The number of azo groups is 2. The molecule has 0 unspecified atom stereocenters. The number of hydrogen-bond acceptors (Lipinski definition) is 10. The quantitative estimate of drug-likeness (QED) is 0.125. The zero-order valence-electron chi connectivity index (χ0n) is 20.1. The lowest BCUT2D eigenvalue weighted by Crippen LogP contribution is -2.03. The monoisotopic (exact) mass is 578 g/mol. The van der Waals surface area contributed by atoms with Gasteiger partial charge >= 0.3 is 0 Å². The van der Waals surface area contributed by atoms with Gasteiger partial charge in [-0.15, -0.1) is 20.5 Å². The molecule has 5 aromatic rings. The molecule has 0 heterocycles. The van der Waals surface area contributed by atoms with Crippen molar-refractivity contribution < 1.29 is 36.2 Å². The summed E-state index contributed by atoms with van der Waals surface area (Å²) in [5.74, 6) is -1.11. The molecule has 4 N–H and O–H groups in total. The van der Waals surface area contributed by atoms with Gasteiger partial charge in [-0.05, 0) is 35.7 Å². The van der Waals surface area contributed by atoms with Crippen LogP contribution in [-0.2, 0) is 20.2 Å². The highest BCUT2D eigenvalue weighted by Gasteiger charge is 2.24. The number of nitrogens with zero attached hydrogens (tertiary/aromatic N) is 4. The first kappa shape index (κ1) is 26.8. The van der Waals surface area contributed by atoms with Crippen LogP contribution in [0.2, 0.25) is 0 Å². The van der Waals surface area contributed by atoms with E-state index in [-0.39, 0.29) is 17.1 Å². The Bertz CT molecular complexity index is 2090. The summed E-state index contributed by atoms with van der Waals surface area (Å²) in [5.41, 5.74) is 0.302. The van der Waals surface area contributed by atoms with E-state index in [0.717, 1.165) is 5.39 Å². The maximum absolute atomic E-state index is 11.6. The van der Waals surface area contributed by atoms with Crippen LogP contribution in [0.3, 0.4) is 0 Å². The summed E-state index contributed by atoms with van der Waals surface area (Å²) in [5, 5.41) is 39.8. The first-order chi connectivity index (χ1) is 18.9. The third-order valence-corrected chi connectivity index (χ3v) is 7.58. The molecule has 0 saturated heterocycles. The molecule has 14 heteroatoms. The predicted octanol–water partition coefficient (Wildman–Crippen LogP) is 6.73. The Morgan fingerprint density at radius 3 is 1.70 bits per heavy atom. The molecule has 0 saturated carbocycles. The number of aromatic hydroxyl groups is 2. The van der Waals surface area contributed by atoms with Crippen molar-refractivity contribution in [2.45, 2.75) is 9.79 Å². The Hall–Kier alpha value is -4.76. The molecule has 0 radical (unpaired) electrons. The van der Waals surface area contributed by atoms with Crippen LogP contribution in [0, 0.1) is 0 Å². The van der Waals surface area contributed by atoms with Gasteiger partial charge in [0, 0.05) is 16.2 Å². The van der Waals surface area contributed by atoms with Gasteiger partial charge in [-0.2, -0.15) is 16.8 Å². The molecule has 0 aliphatic carbocycles. The van der Waals surface area contributed by atoms with Crippen molar-refractivity contribution in [2.75, 3.05) is 0 Å². The van der Waals surface area contributed by atoms with Crippen LogP contribution in [-0.4, -0.2) is 36.2 Å². The first-order valence-corrected chi connectivity index (χ1v) is 14.2. The normalized spacial score (nSPS) is 12.7. The molecular formula is C26H18N4O8S2. The maximum atomic E-state index is 11.6. The fourth-order valence-corrected chi connectivity index (χ4v) is 5.22. The number of benzene rings is 5. The highest BCUT2D eigenvalue weighted by molar-refractivity contribution is 7.86. The van der Waals surface area contributed by atoms with Gasteiger partial charge in [-0.1, -0.05) is 54.6 Å². The van der Waals surface area contributed by atoms with Crippen LogP contribution in [0.15, 0.2) is 115 Å². The minimum absolute atomic E-state index is 0.0478. The maximum Gasteiger partial charge on any atom is 0.298 e. The third-order valence-electron chi connectivity index (χ3n) is 5.88. The average molecular weight is 579 g/mol. The fourth-order valence-electron chi connectivity index (χ4n) is 3.99. The second-order valence-corrected chi connectivity index (χ2v) is 11.3. The Labute approximate surface area is 227 Å². The highest BCUT2D eigenvalue weighted by Crippen LogP contribution is 2.40. The summed E-state index contributed by atoms with van der Waals surface area (Å²) in [6, 6.07) is 21.7.